The van der Waals surface area contributed by atoms with Crippen molar-refractivity contribution in [2.24, 2.45) is 11.1 Å². The molecule has 0 saturated carbocycles. The lowest BCUT2D eigenvalue weighted by molar-refractivity contribution is 0.0781. The van der Waals surface area contributed by atoms with Gasteiger partial charge in [0.25, 0.3) is 5.91 Å². The number of likely N-dealkylation sites (tertiary alicyclic amines) is 1. The summed E-state index contributed by atoms with van der Waals surface area (Å²) in [5.41, 5.74) is 5.83. The second-order valence-electron chi connectivity index (χ2n) is 4.62. The Labute approximate surface area is 108 Å². The largest absolute Gasteiger partial charge is 0.337 e. The molecule has 2 N–H and O–H groups in total. The first kappa shape index (κ1) is 12.1. The second kappa shape index (κ2) is 4.47. The highest BCUT2D eigenvalue weighted by atomic mass is 79.9. The summed E-state index contributed by atoms with van der Waals surface area (Å²) < 4.78 is 0.974. The van der Waals surface area contributed by atoms with Crippen LogP contribution in [0.25, 0.3) is 0 Å². The third-order valence-corrected chi connectivity index (χ3v) is 4.80. The van der Waals surface area contributed by atoms with Gasteiger partial charge in [0.15, 0.2) is 0 Å². The van der Waals surface area contributed by atoms with E-state index in [0.717, 1.165) is 28.9 Å². The maximum Gasteiger partial charge on any atom is 0.263 e. The van der Waals surface area contributed by atoms with Crippen molar-refractivity contribution in [1.82, 2.24) is 4.90 Å². The van der Waals surface area contributed by atoms with Gasteiger partial charge in [0, 0.05) is 22.9 Å². The molecule has 0 aromatic carbocycles. The molecule has 1 aliphatic rings. The number of nitrogens with two attached hydrogens (primary N) is 1. The molecular formula is C11H15BrN2OS. The predicted molar refractivity (Wildman–Crippen MR) is 69.7 cm³/mol. The highest BCUT2D eigenvalue weighted by Crippen LogP contribution is 2.30. The minimum atomic E-state index is 0.101. The molecule has 88 valence electrons. The Morgan fingerprint density at radius 1 is 1.75 bits per heavy atom. The first-order valence-electron chi connectivity index (χ1n) is 5.27. The first-order valence-corrected chi connectivity index (χ1v) is 6.95. The summed E-state index contributed by atoms with van der Waals surface area (Å²) in [5, 5.41) is 1.94. The zero-order chi connectivity index (χ0) is 11.8. The Bertz CT molecular complexity index is 406. The van der Waals surface area contributed by atoms with E-state index < -0.39 is 0 Å². The molecule has 1 fully saturated rings. The van der Waals surface area contributed by atoms with Crippen LogP contribution in [0.5, 0.6) is 0 Å². The lowest BCUT2D eigenvalue weighted by Gasteiger charge is -2.22. The van der Waals surface area contributed by atoms with E-state index >= 15 is 0 Å². The van der Waals surface area contributed by atoms with Crippen LogP contribution in [-0.2, 0) is 0 Å². The Balaban J connectivity index is 2.08. The van der Waals surface area contributed by atoms with Gasteiger partial charge in [0.2, 0.25) is 0 Å². The number of amides is 1. The first-order chi connectivity index (χ1) is 7.54. The van der Waals surface area contributed by atoms with E-state index in [4.69, 9.17) is 5.73 Å². The van der Waals surface area contributed by atoms with Crippen LogP contribution >= 0.6 is 27.3 Å². The molecule has 5 heteroatoms. The van der Waals surface area contributed by atoms with Crippen molar-refractivity contribution in [3.8, 4) is 0 Å². The number of carbonyl (C=O) groups is 1. The predicted octanol–water partition coefficient (Wildman–Crippen LogP) is 2.32. The monoisotopic (exact) mass is 302 g/mol. The third-order valence-electron chi connectivity index (χ3n) is 3.12. The van der Waals surface area contributed by atoms with Crippen molar-refractivity contribution in [1.29, 1.82) is 0 Å². The van der Waals surface area contributed by atoms with Crippen LogP contribution < -0.4 is 5.73 Å². The Morgan fingerprint density at radius 2 is 2.50 bits per heavy atom. The number of nitrogens with zero attached hydrogens (tertiary/aromatic N) is 1. The highest BCUT2D eigenvalue weighted by molar-refractivity contribution is 9.10. The second-order valence-corrected chi connectivity index (χ2v) is 6.45. The Morgan fingerprint density at radius 3 is 3.00 bits per heavy atom. The topological polar surface area (TPSA) is 46.3 Å². The van der Waals surface area contributed by atoms with Crippen LogP contribution in [0, 0.1) is 5.41 Å². The maximum absolute atomic E-state index is 12.1. The fourth-order valence-electron chi connectivity index (χ4n) is 1.94. The lowest BCUT2D eigenvalue weighted by Crippen LogP contribution is -2.34. The van der Waals surface area contributed by atoms with E-state index in [1.165, 1.54) is 11.3 Å². The number of halogens is 1. The van der Waals surface area contributed by atoms with Gasteiger partial charge in [-0.1, -0.05) is 6.92 Å². The van der Waals surface area contributed by atoms with Gasteiger partial charge in [-0.15, -0.1) is 11.3 Å². The molecule has 16 heavy (non-hydrogen) atoms. The molecule has 0 bridgehead atoms. The number of rotatable bonds is 2. The van der Waals surface area contributed by atoms with Crippen molar-refractivity contribution in [3.05, 3.63) is 20.8 Å². The number of carbonyl (C=O) groups excluding carboxylic acids is 1. The molecule has 1 aromatic rings. The van der Waals surface area contributed by atoms with Crippen molar-refractivity contribution < 1.29 is 4.79 Å². The smallest absolute Gasteiger partial charge is 0.263 e. The third kappa shape index (κ3) is 2.31. The molecule has 2 heterocycles. The summed E-state index contributed by atoms with van der Waals surface area (Å²) in [4.78, 5) is 14.8. The van der Waals surface area contributed by atoms with Gasteiger partial charge in [0.1, 0.15) is 0 Å². The van der Waals surface area contributed by atoms with Gasteiger partial charge in [-0.25, -0.2) is 0 Å². The van der Waals surface area contributed by atoms with Crippen LogP contribution in [0.15, 0.2) is 15.9 Å². The zero-order valence-corrected chi connectivity index (χ0v) is 11.6. The molecule has 2 rings (SSSR count). The van der Waals surface area contributed by atoms with Crippen LogP contribution in [0.3, 0.4) is 0 Å². The molecule has 3 nitrogen and oxygen atoms in total. The molecule has 1 aromatic heterocycles. The Kier molecular flexibility index (Phi) is 3.37. The standard InChI is InChI=1S/C11H15BrN2OS/c1-11(6-13)2-3-14(7-11)10(15)9-4-8(12)5-16-9/h4-5H,2-3,6-7,13H2,1H3. The van der Waals surface area contributed by atoms with Gasteiger partial charge in [0.05, 0.1) is 4.88 Å². The molecular weight excluding hydrogens is 288 g/mol. The molecule has 1 atom stereocenters. The van der Waals surface area contributed by atoms with Crippen LogP contribution in [-0.4, -0.2) is 30.4 Å². The molecule has 0 aliphatic carbocycles. The van der Waals surface area contributed by atoms with Gasteiger partial charge < -0.3 is 10.6 Å². The van der Waals surface area contributed by atoms with E-state index in [9.17, 15) is 4.79 Å². The van der Waals surface area contributed by atoms with Gasteiger partial charge in [-0.2, -0.15) is 0 Å². The molecule has 0 spiro atoms. The van der Waals surface area contributed by atoms with Crippen molar-refractivity contribution in [3.63, 3.8) is 0 Å². The Hall–Kier alpha value is -0.390. The highest BCUT2D eigenvalue weighted by Gasteiger charge is 2.35. The van der Waals surface area contributed by atoms with E-state index in [-0.39, 0.29) is 11.3 Å². The van der Waals surface area contributed by atoms with E-state index in [1.54, 1.807) is 0 Å². The average Bonchev–Trinajstić information content (AvgIpc) is 2.85. The molecule has 1 unspecified atom stereocenters. The van der Waals surface area contributed by atoms with Crippen LogP contribution in [0.1, 0.15) is 23.0 Å². The van der Waals surface area contributed by atoms with Crippen LogP contribution in [0.4, 0.5) is 0 Å². The summed E-state index contributed by atoms with van der Waals surface area (Å²) in [6.07, 6.45) is 1.00. The van der Waals surface area contributed by atoms with Gasteiger partial charge in [-0.3, -0.25) is 4.79 Å². The summed E-state index contributed by atoms with van der Waals surface area (Å²) in [6.45, 7) is 4.38. The lowest BCUT2D eigenvalue weighted by atomic mass is 9.90. The maximum atomic E-state index is 12.1. The molecule has 0 radical (unpaired) electrons. The number of hydrogen-bond donors (Lipinski definition) is 1. The minimum absolute atomic E-state index is 0.101. The average molecular weight is 303 g/mol. The summed E-state index contributed by atoms with van der Waals surface area (Å²) >= 11 is 4.85. The molecule has 1 saturated heterocycles. The summed E-state index contributed by atoms with van der Waals surface area (Å²) in [5.74, 6) is 0.132. The SMILES string of the molecule is CC1(CN)CCN(C(=O)c2cc(Br)cs2)C1. The summed E-state index contributed by atoms with van der Waals surface area (Å²) in [6, 6.07) is 1.88. The zero-order valence-electron chi connectivity index (χ0n) is 9.20. The van der Waals surface area contributed by atoms with Gasteiger partial charge in [-0.05, 0) is 40.4 Å². The van der Waals surface area contributed by atoms with Crippen LogP contribution in [0.2, 0.25) is 0 Å². The molecule has 1 amide bonds. The normalized spacial score (nSPS) is 25.1. The summed E-state index contributed by atoms with van der Waals surface area (Å²) in [7, 11) is 0. The van der Waals surface area contributed by atoms with Crippen molar-refractivity contribution >= 4 is 33.2 Å². The van der Waals surface area contributed by atoms with E-state index in [2.05, 4.69) is 22.9 Å². The van der Waals surface area contributed by atoms with E-state index in [0.29, 0.717) is 6.54 Å². The van der Waals surface area contributed by atoms with E-state index in [1.807, 2.05) is 16.3 Å². The fraction of sp³-hybridized carbons (Fsp3) is 0.545. The van der Waals surface area contributed by atoms with Crippen molar-refractivity contribution in [2.45, 2.75) is 13.3 Å². The van der Waals surface area contributed by atoms with Crippen molar-refractivity contribution in [2.75, 3.05) is 19.6 Å². The number of thiophene rings is 1. The minimum Gasteiger partial charge on any atom is -0.337 e. The number of hydrogen-bond acceptors (Lipinski definition) is 3. The quantitative estimate of drug-likeness (QED) is 0.911. The molecule has 1 aliphatic heterocycles. The fourth-order valence-corrected chi connectivity index (χ4v) is 3.34. The van der Waals surface area contributed by atoms with Gasteiger partial charge >= 0.3 is 0 Å².